The van der Waals surface area contributed by atoms with Gasteiger partial charge in [0.15, 0.2) is 0 Å². The highest BCUT2D eigenvalue weighted by molar-refractivity contribution is 6.30. The van der Waals surface area contributed by atoms with E-state index in [2.05, 4.69) is 48.3 Å². The third-order valence-electron chi connectivity index (χ3n) is 5.31. The zero-order valence-corrected chi connectivity index (χ0v) is 16.9. The van der Waals surface area contributed by atoms with Crippen molar-refractivity contribution >= 4 is 17.5 Å². The summed E-state index contributed by atoms with van der Waals surface area (Å²) >= 11 is 5.93. The molecule has 1 aliphatic heterocycles. The number of benzene rings is 2. The minimum Gasteiger partial charge on any atom is -0.339 e. The van der Waals surface area contributed by atoms with Gasteiger partial charge in [0.25, 0.3) is 0 Å². The first-order valence-corrected chi connectivity index (χ1v) is 9.94. The van der Waals surface area contributed by atoms with Crippen molar-refractivity contribution in [3.05, 3.63) is 70.2 Å². The van der Waals surface area contributed by atoms with Gasteiger partial charge in [0.2, 0.25) is 5.91 Å². The van der Waals surface area contributed by atoms with Crippen molar-refractivity contribution in [1.29, 1.82) is 0 Å². The normalized spacial score (nSPS) is 16.3. The molecule has 4 nitrogen and oxygen atoms in total. The third-order valence-corrected chi connectivity index (χ3v) is 5.56. The Hall–Kier alpha value is -1.88. The monoisotopic (exact) mass is 385 g/mol. The van der Waals surface area contributed by atoms with Gasteiger partial charge in [-0.1, -0.05) is 48.0 Å². The molecular weight excluding hydrogens is 358 g/mol. The molecule has 27 heavy (non-hydrogen) atoms. The number of aryl methyl sites for hydroxylation is 1. The molecule has 2 aromatic rings. The van der Waals surface area contributed by atoms with E-state index in [0.29, 0.717) is 6.54 Å². The highest BCUT2D eigenvalue weighted by atomic mass is 35.5. The van der Waals surface area contributed by atoms with Crippen molar-refractivity contribution in [1.82, 2.24) is 15.1 Å². The Morgan fingerprint density at radius 3 is 2.41 bits per heavy atom. The van der Waals surface area contributed by atoms with Gasteiger partial charge in [-0.3, -0.25) is 9.69 Å². The van der Waals surface area contributed by atoms with Crippen LogP contribution in [0, 0.1) is 6.92 Å². The average Bonchev–Trinajstić information content (AvgIpc) is 2.69. The van der Waals surface area contributed by atoms with E-state index in [0.717, 1.165) is 43.3 Å². The molecule has 0 saturated carbocycles. The quantitative estimate of drug-likeness (QED) is 0.824. The molecule has 3 rings (SSSR count). The van der Waals surface area contributed by atoms with Crippen molar-refractivity contribution in [2.24, 2.45) is 0 Å². The number of carbonyl (C=O) groups excluding carboxylic acids is 1. The smallest absolute Gasteiger partial charge is 0.236 e. The van der Waals surface area contributed by atoms with E-state index in [4.69, 9.17) is 11.6 Å². The van der Waals surface area contributed by atoms with Gasteiger partial charge in [-0.05, 0) is 42.7 Å². The minimum absolute atomic E-state index is 0.119. The Kier molecular flexibility index (Phi) is 6.89. The molecule has 0 unspecified atom stereocenters. The standard InChI is InChI=1S/C22H28ClN3O/c1-17-5-3-4-6-20(17)16-25-11-13-26(14-12-25)22(27)15-24-18(2)19-7-9-21(23)10-8-19/h3-10,18,24H,11-16H2,1-2H3/t18-/m0/s1. The predicted octanol–water partition coefficient (Wildman–Crippen LogP) is 3.64. The summed E-state index contributed by atoms with van der Waals surface area (Å²) in [5.74, 6) is 0.173. The van der Waals surface area contributed by atoms with E-state index >= 15 is 0 Å². The largest absolute Gasteiger partial charge is 0.339 e. The van der Waals surface area contributed by atoms with Crippen molar-refractivity contribution in [2.75, 3.05) is 32.7 Å². The van der Waals surface area contributed by atoms with Gasteiger partial charge in [-0.15, -0.1) is 0 Å². The maximum Gasteiger partial charge on any atom is 0.236 e. The van der Waals surface area contributed by atoms with Crippen molar-refractivity contribution in [3.63, 3.8) is 0 Å². The van der Waals surface area contributed by atoms with E-state index in [1.807, 2.05) is 29.2 Å². The third kappa shape index (κ3) is 5.55. The summed E-state index contributed by atoms with van der Waals surface area (Å²) in [5.41, 5.74) is 3.84. The second kappa shape index (κ2) is 9.36. The first-order chi connectivity index (χ1) is 13.0. The highest BCUT2D eigenvalue weighted by Gasteiger charge is 2.21. The molecule has 1 N–H and O–H groups in total. The number of rotatable bonds is 6. The van der Waals surface area contributed by atoms with E-state index in [1.165, 1.54) is 11.1 Å². The van der Waals surface area contributed by atoms with Crippen LogP contribution in [0.3, 0.4) is 0 Å². The molecule has 0 radical (unpaired) electrons. The summed E-state index contributed by atoms with van der Waals surface area (Å²) in [4.78, 5) is 16.9. The van der Waals surface area contributed by atoms with E-state index in [-0.39, 0.29) is 11.9 Å². The Labute approximate surface area is 167 Å². The van der Waals surface area contributed by atoms with Crippen LogP contribution in [0.1, 0.15) is 29.7 Å². The van der Waals surface area contributed by atoms with Crippen LogP contribution < -0.4 is 5.32 Å². The van der Waals surface area contributed by atoms with Crippen molar-refractivity contribution in [2.45, 2.75) is 26.4 Å². The summed E-state index contributed by atoms with van der Waals surface area (Å²) in [6, 6.07) is 16.4. The summed E-state index contributed by atoms with van der Waals surface area (Å²) in [6.07, 6.45) is 0. The molecule has 1 amide bonds. The van der Waals surface area contributed by atoms with E-state index in [1.54, 1.807) is 0 Å². The summed E-state index contributed by atoms with van der Waals surface area (Å²) in [7, 11) is 0. The Bertz CT molecular complexity index is 754. The molecule has 1 atom stereocenters. The molecule has 1 fully saturated rings. The fraction of sp³-hybridized carbons (Fsp3) is 0.409. The molecule has 0 bridgehead atoms. The number of carbonyl (C=O) groups is 1. The summed E-state index contributed by atoms with van der Waals surface area (Å²) in [6.45, 7) is 8.98. The molecule has 5 heteroatoms. The van der Waals surface area contributed by atoms with Crippen molar-refractivity contribution < 1.29 is 4.79 Å². The molecule has 144 valence electrons. The molecule has 0 aliphatic carbocycles. The highest BCUT2D eigenvalue weighted by Crippen LogP contribution is 2.16. The van der Waals surface area contributed by atoms with Crippen LogP contribution in [0.5, 0.6) is 0 Å². The number of halogens is 1. The van der Waals surface area contributed by atoms with Gasteiger partial charge in [-0.2, -0.15) is 0 Å². The van der Waals surface area contributed by atoms with Gasteiger partial charge in [0.1, 0.15) is 0 Å². The SMILES string of the molecule is Cc1ccccc1CN1CCN(C(=O)CN[C@@H](C)c2ccc(Cl)cc2)CC1. The molecular formula is C22H28ClN3O. The van der Waals surface area contributed by atoms with Crippen LogP contribution in [-0.2, 0) is 11.3 Å². The zero-order valence-electron chi connectivity index (χ0n) is 16.1. The molecule has 2 aromatic carbocycles. The van der Waals surface area contributed by atoms with Crippen LogP contribution in [0.4, 0.5) is 0 Å². The molecule has 1 heterocycles. The van der Waals surface area contributed by atoms with Gasteiger partial charge in [-0.25, -0.2) is 0 Å². The molecule has 0 spiro atoms. The summed E-state index contributed by atoms with van der Waals surface area (Å²) < 4.78 is 0. The Balaban J connectivity index is 1.43. The number of piperazine rings is 1. The number of nitrogens with one attached hydrogen (secondary N) is 1. The van der Waals surface area contributed by atoms with Crippen LogP contribution in [-0.4, -0.2) is 48.4 Å². The lowest BCUT2D eigenvalue weighted by Crippen LogP contribution is -2.50. The van der Waals surface area contributed by atoms with Crippen molar-refractivity contribution in [3.8, 4) is 0 Å². The van der Waals surface area contributed by atoms with Gasteiger partial charge >= 0.3 is 0 Å². The topological polar surface area (TPSA) is 35.6 Å². The fourth-order valence-electron chi connectivity index (χ4n) is 3.41. The van der Waals surface area contributed by atoms with Gasteiger partial charge < -0.3 is 10.2 Å². The van der Waals surface area contributed by atoms with E-state index in [9.17, 15) is 4.79 Å². The lowest BCUT2D eigenvalue weighted by molar-refractivity contribution is -0.132. The summed E-state index contributed by atoms with van der Waals surface area (Å²) in [5, 5.41) is 4.05. The molecule has 1 aliphatic rings. The predicted molar refractivity (Wildman–Crippen MR) is 111 cm³/mol. The van der Waals surface area contributed by atoms with Gasteiger partial charge in [0, 0.05) is 43.8 Å². The minimum atomic E-state index is 0.119. The first kappa shape index (κ1) is 19.9. The van der Waals surface area contributed by atoms with E-state index < -0.39 is 0 Å². The van der Waals surface area contributed by atoms with Crippen LogP contribution >= 0.6 is 11.6 Å². The zero-order chi connectivity index (χ0) is 19.2. The number of nitrogens with zero attached hydrogens (tertiary/aromatic N) is 2. The maximum absolute atomic E-state index is 12.5. The lowest BCUT2D eigenvalue weighted by atomic mass is 10.1. The molecule has 1 saturated heterocycles. The van der Waals surface area contributed by atoms with Crippen LogP contribution in [0.25, 0.3) is 0 Å². The second-order valence-corrected chi connectivity index (χ2v) is 7.67. The first-order valence-electron chi connectivity index (χ1n) is 9.56. The Morgan fingerprint density at radius 2 is 1.74 bits per heavy atom. The van der Waals surface area contributed by atoms with Crippen LogP contribution in [0.2, 0.25) is 5.02 Å². The maximum atomic E-state index is 12.5. The van der Waals surface area contributed by atoms with Gasteiger partial charge in [0.05, 0.1) is 6.54 Å². The molecule has 0 aromatic heterocycles. The lowest BCUT2D eigenvalue weighted by Gasteiger charge is -2.35. The number of amides is 1. The number of hydrogen-bond acceptors (Lipinski definition) is 3. The second-order valence-electron chi connectivity index (χ2n) is 7.24. The van der Waals surface area contributed by atoms with Crippen LogP contribution in [0.15, 0.2) is 48.5 Å². The number of hydrogen-bond donors (Lipinski definition) is 1. The average molecular weight is 386 g/mol. The Morgan fingerprint density at radius 1 is 1.07 bits per heavy atom. The fourth-order valence-corrected chi connectivity index (χ4v) is 3.53.